The molecule has 1 aromatic rings. The Hall–Kier alpha value is -1.88. The number of rotatable bonds is 7. The average molecular weight is 294 g/mol. The molecule has 0 aliphatic carbocycles. The maximum Gasteiger partial charge on any atom is 0.328 e. The Bertz CT molecular complexity index is 515. The predicted molar refractivity (Wildman–Crippen MR) is 84.1 cm³/mol. The van der Waals surface area contributed by atoms with Crippen LogP contribution in [0.15, 0.2) is 24.3 Å². The first kappa shape index (κ1) is 17.2. The summed E-state index contributed by atoms with van der Waals surface area (Å²) in [5.41, 5.74) is 1.41. The average Bonchev–Trinajstić information content (AvgIpc) is 2.38. The van der Waals surface area contributed by atoms with Crippen LogP contribution >= 0.6 is 0 Å². The van der Waals surface area contributed by atoms with Crippen LogP contribution in [0.2, 0.25) is 0 Å². The summed E-state index contributed by atoms with van der Waals surface area (Å²) in [5, 5.41) is 8.76. The fraction of sp³-hybridized carbons (Fsp3) is 0.438. The van der Waals surface area contributed by atoms with Gasteiger partial charge in [-0.05, 0) is 52.2 Å². The summed E-state index contributed by atoms with van der Waals surface area (Å²) in [6.45, 7) is 5.74. The molecule has 116 valence electrons. The highest BCUT2D eigenvalue weighted by Gasteiger charge is 2.16. The van der Waals surface area contributed by atoms with Crippen molar-refractivity contribution in [1.29, 1.82) is 0 Å². The van der Waals surface area contributed by atoms with Gasteiger partial charge in [0.1, 0.15) is 5.82 Å². The van der Waals surface area contributed by atoms with E-state index in [4.69, 9.17) is 5.11 Å². The second-order valence-corrected chi connectivity index (χ2v) is 5.27. The number of halogens is 1. The molecule has 0 radical (unpaired) electrons. The van der Waals surface area contributed by atoms with E-state index in [2.05, 4.69) is 16.7 Å². The molecule has 0 heterocycles. The maximum atomic E-state index is 13.4. The fourth-order valence-electron chi connectivity index (χ4n) is 2.43. The van der Waals surface area contributed by atoms with Crippen molar-refractivity contribution >= 4 is 17.7 Å². The van der Waals surface area contributed by atoms with Gasteiger partial charge < -0.3 is 14.9 Å². The summed E-state index contributed by atoms with van der Waals surface area (Å²) in [7, 11) is 4.00. The zero-order valence-corrected chi connectivity index (χ0v) is 13.0. The highest BCUT2D eigenvalue weighted by Crippen LogP contribution is 2.25. The molecule has 0 spiro atoms. The molecule has 1 N–H and O–H groups in total. The van der Waals surface area contributed by atoms with Gasteiger partial charge in [-0.2, -0.15) is 0 Å². The Morgan fingerprint density at radius 3 is 2.62 bits per heavy atom. The molecule has 1 unspecified atom stereocenters. The highest BCUT2D eigenvalue weighted by molar-refractivity contribution is 5.87. The Balaban J connectivity index is 3.16. The quantitative estimate of drug-likeness (QED) is 0.785. The Morgan fingerprint density at radius 1 is 1.43 bits per heavy atom. The van der Waals surface area contributed by atoms with E-state index in [-0.39, 0.29) is 11.9 Å². The standard InChI is InChI=1S/C16H23FN2O2/c1-5-19(12(2)11-18(3)4)15-8-7-14(17)10-13(15)6-9-16(20)21/h6-10,12H,5,11H2,1-4H3,(H,20,21)/b9-6+. The molecule has 1 atom stereocenters. The van der Waals surface area contributed by atoms with Gasteiger partial charge in [-0.15, -0.1) is 0 Å². The number of likely N-dealkylation sites (N-methyl/N-ethyl adjacent to an activating group) is 2. The lowest BCUT2D eigenvalue weighted by Crippen LogP contribution is -2.40. The first-order chi connectivity index (χ1) is 9.85. The normalized spacial score (nSPS) is 12.9. The van der Waals surface area contributed by atoms with Crippen molar-refractivity contribution in [3.63, 3.8) is 0 Å². The Kier molecular flexibility index (Phi) is 6.37. The molecule has 0 saturated heterocycles. The molecule has 21 heavy (non-hydrogen) atoms. The van der Waals surface area contributed by atoms with E-state index in [1.165, 1.54) is 18.2 Å². The molecule has 1 aromatic carbocycles. The first-order valence-corrected chi connectivity index (χ1v) is 6.97. The predicted octanol–water partition coefficient (Wildman–Crippen LogP) is 2.70. The van der Waals surface area contributed by atoms with Crippen LogP contribution in [0.4, 0.5) is 10.1 Å². The lowest BCUT2D eigenvalue weighted by atomic mass is 10.1. The van der Waals surface area contributed by atoms with Crippen LogP contribution in [0.3, 0.4) is 0 Å². The molecule has 4 nitrogen and oxygen atoms in total. The van der Waals surface area contributed by atoms with Crippen LogP contribution in [-0.2, 0) is 4.79 Å². The van der Waals surface area contributed by atoms with Crippen LogP contribution in [-0.4, -0.2) is 49.2 Å². The maximum absolute atomic E-state index is 13.4. The van der Waals surface area contributed by atoms with E-state index in [1.54, 1.807) is 6.07 Å². The number of nitrogens with zero attached hydrogens (tertiary/aromatic N) is 2. The van der Waals surface area contributed by atoms with E-state index in [0.717, 1.165) is 24.9 Å². The Morgan fingerprint density at radius 2 is 2.10 bits per heavy atom. The summed E-state index contributed by atoms with van der Waals surface area (Å²) in [5.74, 6) is -1.42. The summed E-state index contributed by atoms with van der Waals surface area (Å²) < 4.78 is 13.4. The minimum Gasteiger partial charge on any atom is -0.478 e. The lowest BCUT2D eigenvalue weighted by molar-refractivity contribution is -0.131. The van der Waals surface area contributed by atoms with E-state index >= 15 is 0 Å². The van der Waals surface area contributed by atoms with Gasteiger partial charge in [0.2, 0.25) is 0 Å². The second kappa shape index (κ2) is 7.78. The molecule has 0 saturated carbocycles. The van der Waals surface area contributed by atoms with Gasteiger partial charge in [0.15, 0.2) is 0 Å². The van der Waals surface area contributed by atoms with E-state index in [9.17, 15) is 9.18 Å². The molecule has 0 aliphatic rings. The van der Waals surface area contributed by atoms with Crippen molar-refractivity contribution in [1.82, 2.24) is 4.90 Å². The van der Waals surface area contributed by atoms with Gasteiger partial charge in [0, 0.05) is 36.5 Å². The summed E-state index contributed by atoms with van der Waals surface area (Å²) >= 11 is 0. The van der Waals surface area contributed by atoms with Crippen molar-refractivity contribution in [2.75, 3.05) is 32.1 Å². The molecular weight excluding hydrogens is 271 g/mol. The van der Waals surface area contributed by atoms with Crippen LogP contribution in [0.1, 0.15) is 19.4 Å². The molecular formula is C16H23FN2O2. The summed E-state index contributed by atoms with van der Waals surface area (Å²) in [6, 6.07) is 4.69. The lowest BCUT2D eigenvalue weighted by Gasteiger charge is -2.33. The molecule has 0 bridgehead atoms. The molecule has 0 amide bonds. The van der Waals surface area contributed by atoms with Crippen molar-refractivity contribution in [2.45, 2.75) is 19.9 Å². The second-order valence-electron chi connectivity index (χ2n) is 5.27. The minimum absolute atomic E-state index is 0.229. The number of benzene rings is 1. The topological polar surface area (TPSA) is 43.8 Å². The number of carbonyl (C=O) groups is 1. The molecule has 0 aromatic heterocycles. The number of anilines is 1. The van der Waals surface area contributed by atoms with Crippen molar-refractivity contribution in [3.05, 3.63) is 35.7 Å². The van der Waals surface area contributed by atoms with Crippen LogP contribution in [0.5, 0.6) is 0 Å². The van der Waals surface area contributed by atoms with Gasteiger partial charge in [-0.25, -0.2) is 9.18 Å². The van der Waals surface area contributed by atoms with Gasteiger partial charge in [-0.3, -0.25) is 0 Å². The third kappa shape index (κ3) is 5.19. The molecule has 0 aliphatic heterocycles. The molecule has 0 fully saturated rings. The Labute approximate surface area is 125 Å². The van der Waals surface area contributed by atoms with Crippen LogP contribution in [0.25, 0.3) is 6.08 Å². The monoisotopic (exact) mass is 294 g/mol. The smallest absolute Gasteiger partial charge is 0.328 e. The van der Waals surface area contributed by atoms with E-state index < -0.39 is 5.97 Å². The highest BCUT2D eigenvalue weighted by atomic mass is 19.1. The largest absolute Gasteiger partial charge is 0.478 e. The zero-order chi connectivity index (χ0) is 16.0. The minimum atomic E-state index is -1.05. The van der Waals surface area contributed by atoms with Crippen LogP contribution < -0.4 is 4.90 Å². The van der Waals surface area contributed by atoms with Crippen molar-refractivity contribution in [3.8, 4) is 0 Å². The number of carboxylic acid groups (broad SMARTS) is 1. The van der Waals surface area contributed by atoms with Gasteiger partial charge in [0.25, 0.3) is 0 Å². The van der Waals surface area contributed by atoms with Gasteiger partial charge in [-0.1, -0.05) is 0 Å². The van der Waals surface area contributed by atoms with E-state index in [1.807, 2.05) is 21.0 Å². The van der Waals surface area contributed by atoms with Crippen molar-refractivity contribution < 1.29 is 14.3 Å². The molecule has 1 rings (SSSR count). The van der Waals surface area contributed by atoms with Gasteiger partial charge in [0.05, 0.1) is 0 Å². The van der Waals surface area contributed by atoms with Crippen molar-refractivity contribution in [2.24, 2.45) is 0 Å². The van der Waals surface area contributed by atoms with Crippen LogP contribution in [0, 0.1) is 5.82 Å². The van der Waals surface area contributed by atoms with E-state index in [0.29, 0.717) is 5.56 Å². The SMILES string of the molecule is CCN(c1ccc(F)cc1/C=C/C(=O)O)C(C)CN(C)C. The third-order valence-corrected chi connectivity index (χ3v) is 3.21. The fourth-order valence-corrected chi connectivity index (χ4v) is 2.43. The first-order valence-electron chi connectivity index (χ1n) is 6.97. The number of hydrogen-bond donors (Lipinski definition) is 1. The number of carboxylic acids is 1. The zero-order valence-electron chi connectivity index (χ0n) is 13.0. The number of hydrogen-bond acceptors (Lipinski definition) is 3. The third-order valence-electron chi connectivity index (χ3n) is 3.21. The summed E-state index contributed by atoms with van der Waals surface area (Å²) in [6.07, 6.45) is 2.47. The van der Waals surface area contributed by atoms with Gasteiger partial charge >= 0.3 is 5.97 Å². The number of aliphatic carboxylic acids is 1. The molecule has 5 heteroatoms. The summed E-state index contributed by atoms with van der Waals surface area (Å²) in [4.78, 5) is 14.9.